The molecule has 2 N–H and O–H groups in total. The van der Waals surface area contributed by atoms with Crippen LogP contribution in [-0.4, -0.2) is 17.7 Å². The number of rotatable bonds is 6. The van der Waals surface area contributed by atoms with E-state index < -0.39 is 11.8 Å². The quantitative estimate of drug-likeness (QED) is 0.298. The van der Waals surface area contributed by atoms with Gasteiger partial charge in [-0.05, 0) is 71.8 Å². The summed E-state index contributed by atoms with van der Waals surface area (Å²) in [6.45, 7) is 8.17. The Kier molecular flexibility index (Phi) is 5.57. The number of fused-ring (bicyclic) bond motifs is 2. The van der Waals surface area contributed by atoms with Gasteiger partial charge in [0, 0.05) is 22.2 Å². The lowest BCUT2D eigenvalue weighted by Gasteiger charge is -2.26. The van der Waals surface area contributed by atoms with Crippen LogP contribution in [0.2, 0.25) is 0 Å². The molecule has 0 unspecified atom stereocenters. The summed E-state index contributed by atoms with van der Waals surface area (Å²) < 4.78 is 12.0. The van der Waals surface area contributed by atoms with Crippen molar-refractivity contribution in [3.05, 3.63) is 125 Å². The third kappa shape index (κ3) is 4.34. The predicted octanol–water partition coefficient (Wildman–Crippen LogP) is 6.19. The molecule has 3 amide bonds. The molecular weight excluding hydrogens is 492 g/mol. The summed E-state index contributed by atoms with van der Waals surface area (Å²) in [5.41, 5.74) is 4.50. The second kappa shape index (κ2) is 8.99. The first-order chi connectivity index (χ1) is 18.7. The van der Waals surface area contributed by atoms with Gasteiger partial charge in [-0.25, -0.2) is 0 Å². The molecule has 0 saturated heterocycles. The lowest BCUT2D eigenvalue weighted by molar-refractivity contribution is 0.0878. The molecule has 0 saturated carbocycles. The first-order valence-electron chi connectivity index (χ1n) is 12.4. The summed E-state index contributed by atoms with van der Waals surface area (Å²) in [6.07, 6.45) is 0. The van der Waals surface area contributed by atoms with Crippen LogP contribution in [0, 0.1) is 0 Å². The lowest BCUT2D eigenvalue weighted by atomic mass is 9.78. The Balaban J connectivity index is 1.15. The van der Waals surface area contributed by atoms with E-state index in [1.165, 1.54) is 0 Å². The molecule has 0 aliphatic carbocycles. The summed E-state index contributed by atoms with van der Waals surface area (Å²) in [5.74, 6) is 1.46. The number of hydrogen-bond donors (Lipinski definition) is 2. The van der Waals surface area contributed by atoms with Crippen molar-refractivity contribution in [1.29, 1.82) is 0 Å². The number of nitrogens with one attached hydrogen (secondary N) is 2. The van der Waals surface area contributed by atoms with Gasteiger partial charge in [0.15, 0.2) is 0 Å². The Morgan fingerprint density at radius 1 is 0.538 bits per heavy atom. The van der Waals surface area contributed by atoms with Crippen molar-refractivity contribution in [3.63, 3.8) is 0 Å². The standard InChI is InChI=1S/C32H24N2O5/c1-18-27-16-23(12-14-25(27)29(35)33-18)38-21-8-4-19(5-9-21)32(2,3)20-6-10-22(11-7-20)39-24-13-15-26-28(17-24)31(37)34-30(26)36/h4-17H,1H2,2-3H3,(H,33,35)(H,34,36,37). The van der Waals surface area contributed by atoms with Crippen LogP contribution in [-0.2, 0) is 5.41 Å². The molecule has 0 fully saturated rings. The molecule has 6 rings (SSSR count). The van der Waals surface area contributed by atoms with Gasteiger partial charge in [-0.3, -0.25) is 19.7 Å². The van der Waals surface area contributed by atoms with E-state index in [1.807, 2.05) is 54.6 Å². The maximum Gasteiger partial charge on any atom is 0.259 e. The van der Waals surface area contributed by atoms with Gasteiger partial charge in [0.05, 0.1) is 11.1 Å². The van der Waals surface area contributed by atoms with Crippen LogP contribution in [0.5, 0.6) is 23.0 Å². The number of benzene rings is 4. The van der Waals surface area contributed by atoms with Crippen molar-refractivity contribution in [2.45, 2.75) is 19.3 Å². The van der Waals surface area contributed by atoms with Gasteiger partial charge < -0.3 is 14.8 Å². The fourth-order valence-corrected chi connectivity index (χ4v) is 4.83. The predicted molar refractivity (Wildman–Crippen MR) is 146 cm³/mol. The molecule has 0 atom stereocenters. The van der Waals surface area contributed by atoms with Crippen LogP contribution < -0.4 is 20.1 Å². The number of ether oxygens (including phenoxy) is 2. The molecule has 0 spiro atoms. The van der Waals surface area contributed by atoms with Gasteiger partial charge in [0.1, 0.15) is 23.0 Å². The number of imide groups is 1. The third-order valence-electron chi connectivity index (χ3n) is 7.16. The average molecular weight is 517 g/mol. The molecule has 39 heavy (non-hydrogen) atoms. The Bertz CT molecular complexity index is 1560. The van der Waals surface area contributed by atoms with Crippen LogP contribution in [0.4, 0.5) is 0 Å². The normalized spacial score (nSPS) is 14.0. The molecule has 2 aliphatic heterocycles. The molecule has 0 radical (unpaired) electrons. The summed E-state index contributed by atoms with van der Waals surface area (Å²) in [6, 6.07) is 25.9. The van der Waals surface area contributed by atoms with Gasteiger partial charge in [0.2, 0.25) is 0 Å². The highest BCUT2D eigenvalue weighted by molar-refractivity contribution is 6.21. The molecule has 7 heteroatoms. The van der Waals surface area contributed by atoms with E-state index in [9.17, 15) is 14.4 Å². The Hall–Kier alpha value is -5.17. The molecule has 4 aromatic carbocycles. The number of carbonyl (C=O) groups excluding carboxylic acids is 3. The van der Waals surface area contributed by atoms with Crippen molar-refractivity contribution in [2.24, 2.45) is 0 Å². The van der Waals surface area contributed by atoms with E-state index in [2.05, 4.69) is 31.1 Å². The Morgan fingerprint density at radius 2 is 0.949 bits per heavy atom. The Labute approximate surface area is 225 Å². The topological polar surface area (TPSA) is 93.7 Å². The van der Waals surface area contributed by atoms with Gasteiger partial charge in [-0.1, -0.05) is 44.7 Å². The third-order valence-corrected chi connectivity index (χ3v) is 7.16. The summed E-state index contributed by atoms with van der Waals surface area (Å²) in [4.78, 5) is 35.6. The van der Waals surface area contributed by atoms with E-state index in [0.29, 0.717) is 45.4 Å². The van der Waals surface area contributed by atoms with E-state index in [1.54, 1.807) is 30.3 Å². The zero-order chi connectivity index (χ0) is 27.3. The van der Waals surface area contributed by atoms with E-state index in [-0.39, 0.29) is 11.3 Å². The number of amides is 3. The van der Waals surface area contributed by atoms with Crippen LogP contribution in [0.3, 0.4) is 0 Å². The van der Waals surface area contributed by atoms with Crippen LogP contribution in [0.15, 0.2) is 91.5 Å². The minimum absolute atomic E-state index is 0.150. The first kappa shape index (κ1) is 24.2. The van der Waals surface area contributed by atoms with Crippen molar-refractivity contribution in [2.75, 3.05) is 0 Å². The van der Waals surface area contributed by atoms with E-state index >= 15 is 0 Å². The van der Waals surface area contributed by atoms with Gasteiger partial charge >= 0.3 is 0 Å². The van der Waals surface area contributed by atoms with Gasteiger partial charge in [0.25, 0.3) is 17.7 Å². The minimum atomic E-state index is -0.416. The van der Waals surface area contributed by atoms with Crippen molar-refractivity contribution >= 4 is 23.4 Å². The van der Waals surface area contributed by atoms with Crippen molar-refractivity contribution in [1.82, 2.24) is 10.6 Å². The monoisotopic (exact) mass is 516 g/mol. The highest BCUT2D eigenvalue weighted by Crippen LogP contribution is 2.36. The highest BCUT2D eigenvalue weighted by Gasteiger charge is 2.27. The Morgan fingerprint density at radius 3 is 1.49 bits per heavy atom. The first-order valence-corrected chi connectivity index (χ1v) is 12.4. The summed E-state index contributed by atoms with van der Waals surface area (Å²) >= 11 is 0. The number of carbonyl (C=O) groups is 3. The fraction of sp³-hybridized carbons (Fsp3) is 0.0938. The van der Waals surface area contributed by atoms with Gasteiger partial charge in [-0.15, -0.1) is 0 Å². The van der Waals surface area contributed by atoms with Crippen LogP contribution in [0.1, 0.15) is 61.6 Å². The molecule has 2 aliphatic rings. The minimum Gasteiger partial charge on any atom is -0.457 e. The maximum absolute atomic E-state index is 11.9. The second-order valence-corrected chi connectivity index (χ2v) is 10.0. The molecule has 0 bridgehead atoms. The van der Waals surface area contributed by atoms with E-state index in [0.717, 1.165) is 16.7 Å². The van der Waals surface area contributed by atoms with Crippen LogP contribution >= 0.6 is 0 Å². The molecule has 192 valence electrons. The van der Waals surface area contributed by atoms with Gasteiger partial charge in [-0.2, -0.15) is 0 Å². The zero-order valence-corrected chi connectivity index (χ0v) is 21.3. The smallest absolute Gasteiger partial charge is 0.259 e. The molecule has 7 nitrogen and oxygen atoms in total. The van der Waals surface area contributed by atoms with Crippen molar-refractivity contribution in [3.8, 4) is 23.0 Å². The number of hydrogen-bond acceptors (Lipinski definition) is 5. The zero-order valence-electron chi connectivity index (χ0n) is 21.3. The molecular formula is C32H24N2O5. The molecule has 0 aromatic heterocycles. The van der Waals surface area contributed by atoms with Crippen molar-refractivity contribution < 1.29 is 23.9 Å². The largest absolute Gasteiger partial charge is 0.457 e. The molecule has 4 aromatic rings. The van der Waals surface area contributed by atoms with E-state index in [4.69, 9.17) is 9.47 Å². The average Bonchev–Trinajstić information content (AvgIpc) is 3.37. The lowest BCUT2D eigenvalue weighted by Crippen LogP contribution is -2.19. The SMILES string of the molecule is C=C1NC(=O)c2ccc(Oc3ccc(C(C)(C)c4ccc(Oc5ccc6c(c5)C(=O)NC6=O)cc4)cc3)cc21. The maximum atomic E-state index is 11.9. The summed E-state index contributed by atoms with van der Waals surface area (Å²) in [5, 5.41) is 5.00. The van der Waals surface area contributed by atoms with Crippen LogP contribution in [0.25, 0.3) is 5.70 Å². The fourth-order valence-electron chi connectivity index (χ4n) is 4.83. The summed E-state index contributed by atoms with van der Waals surface area (Å²) in [7, 11) is 0. The second-order valence-electron chi connectivity index (χ2n) is 10.0. The highest BCUT2D eigenvalue weighted by atomic mass is 16.5. The molecule has 2 heterocycles.